The second kappa shape index (κ2) is 5.22. The number of benzene rings is 1. The molecule has 1 rings (SSSR count). The van der Waals surface area contributed by atoms with Crippen LogP contribution >= 0.6 is 0 Å². The molecular weight excluding hydrogens is 176 g/mol. The van der Waals surface area contributed by atoms with Gasteiger partial charge >= 0.3 is 5.97 Å². The van der Waals surface area contributed by atoms with Crippen LogP contribution < -0.4 is 0 Å². The van der Waals surface area contributed by atoms with Gasteiger partial charge in [-0.1, -0.05) is 30.8 Å². The highest BCUT2D eigenvalue weighted by molar-refractivity contribution is 5.81. The molecule has 0 spiro atoms. The van der Waals surface area contributed by atoms with Gasteiger partial charge in [-0.2, -0.15) is 0 Å². The Hall–Kier alpha value is -1.57. The number of esters is 1. The molecular formula is C12H13O2. The van der Waals surface area contributed by atoms with Crippen LogP contribution in [0.25, 0.3) is 0 Å². The van der Waals surface area contributed by atoms with Crippen LogP contribution in [-0.2, 0) is 16.0 Å². The van der Waals surface area contributed by atoms with Crippen molar-refractivity contribution < 1.29 is 9.53 Å². The quantitative estimate of drug-likeness (QED) is 0.536. The first-order valence-corrected chi connectivity index (χ1v) is 4.50. The van der Waals surface area contributed by atoms with Gasteiger partial charge in [-0.3, -0.25) is 0 Å². The third-order valence-electron chi connectivity index (χ3n) is 1.78. The van der Waals surface area contributed by atoms with Crippen molar-refractivity contribution in [3.63, 3.8) is 0 Å². The minimum absolute atomic E-state index is 0.128. The van der Waals surface area contributed by atoms with Crippen LogP contribution in [0.15, 0.2) is 36.9 Å². The normalized spacial score (nSPS) is 11.8. The summed E-state index contributed by atoms with van der Waals surface area (Å²) >= 11 is 0. The molecule has 0 aromatic heterocycles. The first kappa shape index (κ1) is 10.5. The Bertz CT molecular complexity index is 303. The fourth-order valence-electron chi connectivity index (χ4n) is 1.18. The summed E-state index contributed by atoms with van der Waals surface area (Å²) in [7, 11) is 0. The summed E-state index contributed by atoms with van der Waals surface area (Å²) in [6.45, 7) is 5.20. The molecule has 14 heavy (non-hydrogen) atoms. The van der Waals surface area contributed by atoms with Crippen molar-refractivity contribution in [1.29, 1.82) is 0 Å². The van der Waals surface area contributed by atoms with E-state index in [1.165, 1.54) is 6.08 Å². The molecule has 0 N–H and O–H groups in total. The molecule has 73 valence electrons. The Morgan fingerprint density at radius 3 is 3.14 bits per heavy atom. The molecule has 1 atom stereocenters. The fourth-order valence-corrected chi connectivity index (χ4v) is 1.18. The Kier molecular flexibility index (Phi) is 3.92. The van der Waals surface area contributed by atoms with Gasteiger partial charge < -0.3 is 4.74 Å². The van der Waals surface area contributed by atoms with Crippen LogP contribution in [-0.4, -0.2) is 12.1 Å². The van der Waals surface area contributed by atoms with E-state index in [0.29, 0.717) is 6.42 Å². The second-order valence-corrected chi connectivity index (χ2v) is 3.07. The van der Waals surface area contributed by atoms with E-state index in [4.69, 9.17) is 4.74 Å². The number of rotatable bonds is 4. The number of carbonyl (C=O) groups excluding carboxylic acids is 1. The van der Waals surface area contributed by atoms with E-state index >= 15 is 0 Å². The zero-order valence-electron chi connectivity index (χ0n) is 8.19. The smallest absolute Gasteiger partial charge is 0.330 e. The summed E-state index contributed by atoms with van der Waals surface area (Å²) in [5, 5.41) is 0. The molecule has 2 nitrogen and oxygen atoms in total. The van der Waals surface area contributed by atoms with E-state index in [0.717, 1.165) is 5.56 Å². The maximum absolute atomic E-state index is 10.9. The highest BCUT2D eigenvalue weighted by atomic mass is 16.5. The van der Waals surface area contributed by atoms with Gasteiger partial charge in [0.05, 0.1) is 0 Å². The third kappa shape index (κ3) is 3.44. The standard InChI is InChI=1S/C12H13O2/c1-3-12(13)14-10(2)9-11-7-5-4-6-8-11/h3-5,7-8,10H,1,9H2,2H3. The summed E-state index contributed by atoms with van der Waals surface area (Å²) in [5.74, 6) is -0.377. The lowest BCUT2D eigenvalue weighted by atomic mass is 10.1. The summed E-state index contributed by atoms with van der Waals surface area (Å²) in [6, 6.07) is 10.6. The molecule has 0 amide bonds. The Morgan fingerprint density at radius 2 is 2.57 bits per heavy atom. The van der Waals surface area contributed by atoms with Crippen LogP contribution in [0.2, 0.25) is 0 Å². The summed E-state index contributed by atoms with van der Waals surface area (Å²) in [4.78, 5) is 10.9. The number of carbonyl (C=O) groups is 1. The monoisotopic (exact) mass is 189 g/mol. The molecule has 2 heteroatoms. The van der Waals surface area contributed by atoms with Crippen molar-refractivity contribution >= 4 is 5.97 Å². The Balaban J connectivity index is 2.45. The molecule has 0 aliphatic heterocycles. The second-order valence-electron chi connectivity index (χ2n) is 3.07. The number of ether oxygens (including phenoxy) is 1. The van der Waals surface area contributed by atoms with Crippen LogP contribution in [0.4, 0.5) is 0 Å². The molecule has 0 saturated heterocycles. The molecule has 0 saturated carbocycles. The molecule has 0 bridgehead atoms. The van der Waals surface area contributed by atoms with E-state index in [1.54, 1.807) is 0 Å². The highest BCUT2D eigenvalue weighted by Crippen LogP contribution is 2.05. The minimum atomic E-state index is -0.377. The maximum atomic E-state index is 10.9. The average Bonchev–Trinajstić information content (AvgIpc) is 2.19. The van der Waals surface area contributed by atoms with E-state index in [-0.39, 0.29) is 12.1 Å². The number of hydrogen-bond donors (Lipinski definition) is 0. The van der Waals surface area contributed by atoms with E-state index in [9.17, 15) is 4.79 Å². The summed E-state index contributed by atoms with van der Waals surface area (Å²) in [5.41, 5.74) is 1.11. The van der Waals surface area contributed by atoms with Gasteiger partial charge in [-0.25, -0.2) is 4.79 Å². The van der Waals surface area contributed by atoms with Crippen molar-refractivity contribution in [1.82, 2.24) is 0 Å². The van der Waals surface area contributed by atoms with Gasteiger partial charge in [0.15, 0.2) is 0 Å². The van der Waals surface area contributed by atoms with E-state index < -0.39 is 0 Å². The first-order valence-electron chi connectivity index (χ1n) is 4.50. The molecule has 0 heterocycles. The molecule has 0 fully saturated rings. The first-order chi connectivity index (χ1) is 6.72. The largest absolute Gasteiger partial charge is 0.459 e. The van der Waals surface area contributed by atoms with Gasteiger partial charge in [0, 0.05) is 12.5 Å². The van der Waals surface area contributed by atoms with Gasteiger partial charge in [-0.15, -0.1) is 0 Å². The highest BCUT2D eigenvalue weighted by Gasteiger charge is 2.06. The van der Waals surface area contributed by atoms with Crippen LogP contribution in [0.3, 0.4) is 0 Å². The minimum Gasteiger partial charge on any atom is -0.459 e. The lowest BCUT2D eigenvalue weighted by Crippen LogP contribution is -2.15. The van der Waals surface area contributed by atoms with Crippen molar-refractivity contribution in [2.24, 2.45) is 0 Å². The van der Waals surface area contributed by atoms with Crippen LogP contribution in [0, 0.1) is 6.07 Å². The van der Waals surface area contributed by atoms with Crippen molar-refractivity contribution in [2.75, 3.05) is 0 Å². The Morgan fingerprint density at radius 1 is 1.79 bits per heavy atom. The van der Waals surface area contributed by atoms with E-state index in [2.05, 4.69) is 12.6 Å². The Labute approximate surface area is 84.2 Å². The average molecular weight is 189 g/mol. The molecule has 0 aliphatic rings. The van der Waals surface area contributed by atoms with Crippen LogP contribution in [0.1, 0.15) is 12.5 Å². The van der Waals surface area contributed by atoms with Gasteiger partial charge in [0.1, 0.15) is 6.10 Å². The SMILES string of the molecule is C=CC(=O)OC(C)Cc1c[c]ccc1. The van der Waals surface area contributed by atoms with Crippen molar-refractivity contribution in [3.8, 4) is 0 Å². The molecule has 1 unspecified atom stereocenters. The van der Waals surface area contributed by atoms with Crippen LogP contribution in [0.5, 0.6) is 0 Å². The fraction of sp³-hybridized carbons (Fsp3) is 0.250. The van der Waals surface area contributed by atoms with E-state index in [1.807, 2.05) is 31.2 Å². The maximum Gasteiger partial charge on any atom is 0.330 e. The van der Waals surface area contributed by atoms with Gasteiger partial charge in [-0.05, 0) is 18.6 Å². The predicted octanol–water partition coefficient (Wildman–Crippen LogP) is 2.15. The lowest BCUT2D eigenvalue weighted by molar-refractivity contribution is -0.142. The predicted molar refractivity (Wildman–Crippen MR) is 54.7 cm³/mol. The summed E-state index contributed by atoms with van der Waals surface area (Å²) < 4.78 is 5.03. The molecule has 1 aromatic carbocycles. The molecule has 0 aliphatic carbocycles. The number of hydrogen-bond acceptors (Lipinski definition) is 2. The zero-order chi connectivity index (χ0) is 10.4. The third-order valence-corrected chi connectivity index (χ3v) is 1.78. The van der Waals surface area contributed by atoms with Crippen molar-refractivity contribution in [3.05, 3.63) is 48.6 Å². The van der Waals surface area contributed by atoms with Gasteiger partial charge in [0.25, 0.3) is 0 Å². The summed E-state index contributed by atoms with van der Waals surface area (Å²) in [6.07, 6.45) is 1.75. The van der Waals surface area contributed by atoms with Crippen molar-refractivity contribution in [2.45, 2.75) is 19.4 Å². The van der Waals surface area contributed by atoms with Gasteiger partial charge in [0.2, 0.25) is 0 Å². The topological polar surface area (TPSA) is 26.3 Å². The lowest BCUT2D eigenvalue weighted by Gasteiger charge is -2.11. The molecule has 1 radical (unpaired) electrons. The zero-order valence-corrected chi connectivity index (χ0v) is 8.19. The molecule has 1 aromatic rings.